The quantitative estimate of drug-likeness (QED) is 0.373. The van der Waals surface area contributed by atoms with E-state index in [-0.39, 0.29) is 18.8 Å². The number of hydrogen-bond donors (Lipinski definition) is 2. The minimum Gasteiger partial charge on any atom is -0.469 e. The summed E-state index contributed by atoms with van der Waals surface area (Å²) in [5, 5.41) is 5.24. The first-order chi connectivity index (χ1) is 13.2. The van der Waals surface area contributed by atoms with E-state index < -0.39 is 34.5 Å². The van der Waals surface area contributed by atoms with Crippen LogP contribution in [0.5, 0.6) is 0 Å². The van der Waals surface area contributed by atoms with Crippen LogP contribution < -0.4 is 10.6 Å². The summed E-state index contributed by atoms with van der Waals surface area (Å²) in [6, 6.07) is 0. The summed E-state index contributed by atoms with van der Waals surface area (Å²) in [6.45, 7) is 17.7. The second-order valence-corrected chi connectivity index (χ2v) is 10.1. The average molecular weight is 433 g/mol. The van der Waals surface area contributed by atoms with Gasteiger partial charge in [0, 0.05) is 17.5 Å². The Morgan fingerprint density at radius 2 is 1.10 bits per heavy atom. The van der Waals surface area contributed by atoms with Gasteiger partial charge >= 0.3 is 18.2 Å². The topological polar surface area (TPSA) is 120 Å². The van der Waals surface area contributed by atoms with Crippen LogP contribution in [-0.4, -0.2) is 53.8 Å². The molecule has 0 rings (SSSR count). The van der Waals surface area contributed by atoms with Gasteiger partial charge in [0.05, 0.1) is 13.5 Å². The van der Waals surface area contributed by atoms with Crippen LogP contribution in [0, 0.1) is 0 Å². The van der Waals surface area contributed by atoms with Crippen LogP contribution in [0.3, 0.4) is 0 Å². The number of carbonyl (C=O) groups is 4. The second-order valence-electron chi connectivity index (χ2n) is 10.1. The maximum atomic E-state index is 11.5. The number of rotatable bonds is 6. The fraction of sp³-hybridized carbons (Fsp3) is 0.810. The number of carbonyl (C=O) groups excluding carboxylic acids is 4. The number of methoxy groups -OCH3 is 1. The van der Waals surface area contributed by atoms with E-state index in [1.54, 1.807) is 69.2 Å². The van der Waals surface area contributed by atoms with Gasteiger partial charge in [-0.05, 0) is 69.2 Å². The predicted octanol–water partition coefficient (Wildman–Crippen LogP) is 3.73. The zero-order valence-corrected chi connectivity index (χ0v) is 20.3. The molecule has 9 nitrogen and oxygen atoms in total. The van der Waals surface area contributed by atoms with Crippen LogP contribution in [0.1, 0.15) is 82.1 Å². The predicted molar refractivity (Wildman–Crippen MR) is 114 cm³/mol. The van der Waals surface area contributed by atoms with E-state index in [1.165, 1.54) is 7.11 Å². The summed E-state index contributed by atoms with van der Waals surface area (Å²) in [4.78, 5) is 44.1. The van der Waals surface area contributed by atoms with E-state index >= 15 is 0 Å². The molecular formula is C21H40N2O7. The molecular weight excluding hydrogens is 392 g/mol. The van der Waals surface area contributed by atoms with Crippen molar-refractivity contribution in [1.29, 1.82) is 0 Å². The molecule has 0 aromatic rings. The number of ether oxygens (including phenoxy) is 3. The van der Waals surface area contributed by atoms with Crippen molar-refractivity contribution >= 4 is 24.4 Å². The minimum atomic E-state index is -0.685. The molecule has 2 amide bonds. The van der Waals surface area contributed by atoms with Gasteiger partial charge in [-0.15, -0.1) is 0 Å². The van der Waals surface area contributed by atoms with Crippen molar-refractivity contribution in [2.24, 2.45) is 0 Å². The van der Waals surface area contributed by atoms with E-state index in [0.717, 1.165) is 6.29 Å². The molecule has 0 aliphatic rings. The molecule has 0 saturated heterocycles. The van der Waals surface area contributed by atoms with E-state index in [9.17, 15) is 19.2 Å². The Kier molecular flexibility index (Phi) is 11.7. The molecule has 2 N–H and O–H groups in total. The summed E-state index contributed by atoms with van der Waals surface area (Å²) in [5.74, 6) is -0.374. The molecule has 176 valence electrons. The lowest BCUT2D eigenvalue weighted by Gasteiger charge is -2.27. The van der Waals surface area contributed by atoms with Crippen LogP contribution >= 0.6 is 0 Å². The summed E-state index contributed by atoms with van der Waals surface area (Å²) in [7, 11) is 1.31. The monoisotopic (exact) mass is 432 g/mol. The lowest BCUT2D eigenvalue weighted by atomic mass is 10.0. The van der Waals surface area contributed by atoms with Gasteiger partial charge in [-0.25, -0.2) is 9.59 Å². The lowest BCUT2D eigenvalue weighted by Crippen LogP contribution is -2.47. The van der Waals surface area contributed by atoms with Crippen molar-refractivity contribution in [3.63, 3.8) is 0 Å². The molecule has 0 unspecified atom stereocenters. The number of hydrogen-bond acceptors (Lipinski definition) is 7. The molecule has 9 heteroatoms. The molecule has 0 fully saturated rings. The first-order valence-corrected chi connectivity index (χ1v) is 9.75. The zero-order valence-electron chi connectivity index (χ0n) is 20.3. The van der Waals surface area contributed by atoms with Crippen molar-refractivity contribution in [3.8, 4) is 0 Å². The Balaban J connectivity index is 0. The fourth-order valence-corrected chi connectivity index (χ4v) is 1.90. The molecule has 0 saturated carbocycles. The van der Waals surface area contributed by atoms with Gasteiger partial charge in [-0.1, -0.05) is 0 Å². The maximum Gasteiger partial charge on any atom is 0.408 e. The van der Waals surface area contributed by atoms with Gasteiger partial charge in [0.25, 0.3) is 0 Å². The third kappa shape index (κ3) is 19.0. The molecule has 0 radical (unpaired) electrons. The van der Waals surface area contributed by atoms with Crippen molar-refractivity contribution in [1.82, 2.24) is 10.6 Å². The maximum absolute atomic E-state index is 11.5. The van der Waals surface area contributed by atoms with E-state index in [0.29, 0.717) is 0 Å². The number of aldehydes is 1. The van der Waals surface area contributed by atoms with Crippen LogP contribution in [-0.2, 0) is 23.8 Å². The van der Waals surface area contributed by atoms with Crippen molar-refractivity contribution in [3.05, 3.63) is 0 Å². The smallest absolute Gasteiger partial charge is 0.408 e. The van der Waals surface area contributed by atoms with Crippen LogP contribution in [0.25, 0.3) is 0 Å². The molecule has 0 aliphatic carbocycles. The number of alkyl carbamates (subject to hydrolysis) is 2. The number of amides is 2. The molecule has 0 atom stereocenters. The number of esters is 1. The van der Waals surface area contributed by atoms with Gasteiger partial charge in [0.2, 0.25) is 0 Å². The minimum absolute atomic E-state index is 0.0999. The second kappa shape index (κ2) is 11.8. The van der Waals surface area contributed by atoms with Gasteiger partial charge in [-0.2, -0.15) is 0 Å². The highest BCUT2D eigenvalue weighted by atomic mass is 16.6. The zero-order chi connectivity index (χ0) is 24.4. The van der Waals surface area contributed by atoms with Gasteiger partial charge in [-0.3, -0.25) is 4.79 Å². The van der Waals surface area contributed by atoms with Gasteiger partial charge in [0.1, 0.15) is 17.5 Å². The fourth-order valence-electron chi connectivity index (χ4n) is 1.90. The molecule has 0 spiro atoms. The largest absolute Gasteiger partial charge is 0.469 e. The summed E-state index contributed by atoms with van der Waals surface area (Å²) in [6.07, 6.45) is 0.109. The van der Waals surface area contributed by atoms with Crippen molar-refractivity contribution in [2.45, 2.75) is 104 Å². The van der Waals surface area contributed by atoms with Crippen molar-refractivity contribution in [2.75, 3.05) is 7.11 Å². The summed E-state index contributed by atoms with van der Waals surface area (Å²) in [5.41, 5.74) is -2.30. The Labute approximate surface area is 180 Å². The normalized spacial score (nSPS) is 12.0. The van der Waals surface area contributed by atoms with E-state index in [2.05, 4.69) is 15.4 Å². The molecule has 0 aliphatic heterocycles. The van der Waals surface area contributed by atoms with Gasteiger partial charge in [0.15, 0.2) is 0 Å². The Bertz CT molecular complexity index is 585. The van der Waals surface area contributed by atoms with Crippen LogP contribution in [0.15, 0.2) is 0 Å². The molecule has 30 heavy (non-hydrogen) atoms. The summed E-state index contributed by atoms with van der Waals surface area (Å²) >= 11 is 0. The lowest BCUT2D eigenvalue weighted by molar-refractivity contribution is -0.142. The van der Waals surface area contributed by atoms with E-state index in [1.807, 2.05) is 0 Å². The van der Waals surface area contributed by atoms with E-state index in [4.69, 9.17) is 9.47 Å². The van der Waals surface area contributed by atoms with Crippen LogP contribution in [0.2, 0.25) is 0 Å². The molecule has 0 aromatic carbocycles. The first kappa shape index (κ1) is 29.9. The Hall–Kier alpha value is -2.32. The van der Waals surface area contributed by atoms with Crippen LogP contribution in [0.4, 0.5) is 9.59 Å². The number of nitrogens with one attached hydrogen (secondary N) is 2. The standard InChI is InChI=1S/C11H21NO4.C10H19NO3/c1-10(2,3)16-9(14)12-11(4,5)7-8(13)15-6;1-9(2,3)14-8(13)11-10(4,5)6-7-12/h7H2,1-6H3,(H,12,14);7H,6H2,1-5H3,(H,11,13). The first-order valence-electron chi connectivity index (χ1n) is 9.75. The molecule has 0 bridgehead atoms. The highest BCUT2D eigenvalue weighted by Gasteiger charge is 2.27. The summed E-state index contributed by atoms with van der Waals surface area (Å²) < 4.78 is 14.7. The molecule has 0 heterocycles. The highest BCUT2D eigenvalue weighted by Crippen LogP contribution is 2.13. The third-order valence-corrected chi connectivity index (χ3v) is 3.09. The Morgan fingerprint density at radius 1 is 0.733 bits per heavy atom. The molecule has 0 aromatic heterocycles. The Morgan fingerprint density at radius 3 is 1.40 bits per heavy atom. The third-order valence-electron chi connectivity index (χ3n) is 3.09. The average Bonchev–Trinajstić information content (AvgIpc) is 2.40. The SMILES string of the molecule is CC(C)(CC=O)NC(=O)OC(C)(C)C.COC(=O)CC(C)(C)NC(=O)OC(C)(C)C. The van der Waals surface area contributed by atoms with Crippen molar-refractivity contribution < 1.29 is 33.4 Å². The van der Waals surface area contributed by atoms with Gasteiger partial charge < -0.3 is 29.6 Å². The highest BCUT2D eigenvalue weighted by molar-refractivity contribution is 5.73.